The second-order valence-electron chi connectivity index (χ2n) is 5.11. The Labute approximate surface area is 115 Å². The van der Waals surface area contributed by atoms with Crippen LogP contribution in [0.1, 0.15) is 25.3 Å². The van der Waals surface area contributed by atoms with Crippen LogP contribution >= 0.6 is 11.6 Å². The first-order valence-electron chi connectivity index (χ1n) is 6.69. The van der Waals surface area contributed by atoms with E-state index >= 15 is 0 Å². The topological polar surface area (TPSA) is 21.3 Å². The minimum atomic E-state index is 0.251. The highest BCUT2D eigenvalue weighted by Gasteiger charge is 2.54. The zero-order valence-corrected chi connectivity index (χ0v) is 12.0. The van der Waals surface area contributed by atoms with Crippen LogP contribution in [0.25, 0.3) is 0 Å². The van der Waals surface area contributed by atoms with Crippen molar-refractivity contribution >= 4 is 11.6 Å². The molecule has 1 aliphatic carbocycles. The molecule has 0 bridgehead atoms. The van der Waals surface area contributed by atoms with E-state index in [2.05, 4.69) is 24.4 Å². The molecule has 1 saturated carbocycles. The summed E-state index contributed by atoms with van der Waals surface area (Å²) in [5, 5.41) is 4.40. The smallest absolute Gasteiger partial charge is 0.0587 e. The normalized spacial score (nSPS) is 26.3. The molecule has 1 aromatic rings. The molecular weight excluding hydrogens is 246 g/mol. The van der Waals surface area contributed by atoms with Crippen LogP contribution in [0.3, 0.4) is 0 Å². The lowest BCUT2D eigenvalue weighted by Crippen LogP contribution is -2.31. The number of ether oxygens (including phenoxy) is 1. The van der Waals surface area contributed by atoms with Crippen LogP contribution in [0.2, 0.25) is 5.02 Å². The van der Waals surface area contributed by atoms with Crippen LogP contribution in [-0.2, 0) is 10.2 Å². The number of hydrogen-bond donors (Lipinski definition) is 1. The Morgan fingerprint density at radius 2 is 2.22 bits per heavy atom. The predicted octanol–water partition coefficient (Wildman–Crippen LogP) is 3.24. The maximum Gasteiger partial charge on any atom is 0.0587 e. The summed E-state index contributed by atoms with van der Waals surface area (Å²) in [4.78, 5) is 0. The lowest BCUT2D eigenvalue weighted by molar-refractivity contribution is 0.198. The molecule has 0 spiro atoms. The summed E-state index contributed by atoms with van der Waals surface area (Å²) in [5.74, 6) is 0.757. The van der Waals surface area contributed by atoms with Gasteiger partial charge in [-0.3, -0.25) is 0 Å². The van der Waals surface area contributed by atoms with Crippen molar-refractivity contribution in [1.82, 2.24) is 5.32 Å². The molecule has 3 heteroatoms. The Balaban J connectivity index is 2.07. The van der Waals surface area contributed by atoms with E-state index in [-0.39, 0.29) is 5.41 Å². The van der Waals surface area contributed by atoms with Crippen molar-refractivity contribution in [2.45, 2.75) is 25.2 Å². The van der Waals surface area contributed by atoms with Gasteiger partial charge in [0.25, 0.3) is 0 Å². The average Bonchev–Trinajstić information content (AvgIpc) is 3.10. The maximum atomic E-state index is 6.36. The first-order chi connectivity index (χ1) is 8.74. The van der Waals surface area contributed by atoms with Gasteiger partial charge >= 0.3 is 0 Å². The van der Waals surface area contributed by atoms with Gasteiger partial charge in [0.2, 0.25) is 0 Å². The maximum absolute atomic E-state index is 6.36. The summed E-state index contributed by atoms with van der Waals surface area (Å²) in [6.45, 7) is 4.92. The summed E-state index contributed by atoms with van der Waals surface area (Å²) in [7, 11) is 1.73. The van der Waals surface area contributed by atoms with Gasteiger partial charge in [-0.15, -0.1) is 0 Å². The zero-order chi connectivity index (χ0) is 13.0. The van der Waals surface area contributed by atoms with E-state index in [4.69, 9.17) is 16.3 Å². The van der Waals surface area contributed by atoms with Gasteiger partial charge in [0, 0.05) is 30.6 Å². The summed E-state index contributed by atoms with van der Waals surface area (Å²) < 4.78 is 5.07. The first kappa shape index (κ1) is 13.9. The van der Waals surface area contributed by atoms with Crippen molar-refractivity contribution in [1.29, 1.82) is 0 Å². The predicted molar refractivity (Wildman–Crippen MR) is 76.3 cm³/mol. The second-order valence-corrected chi connectivity index (χ2v) is 5.52. The zero-order valence-electron chi connectivity index (χ0n) is 11.2. The van der Waals surface area contributed by atoms with Gasteiger partial charge in [0.15, 0.2) is 0 Å². The fraction of sp³-hybridized carbons (Fsp3) is 0.600. The first-order valence-corrected chi connectivity index (χ1v) is 7.07. The van der Waals surface area contributed by atoms with Gasteiger partial charge in [-0.25, -0.2) is 0 Å². The quantitative estimate of drug-likeness (QED) is 0.766. The summed E-state index contributed by atoms with van der Waals surface area (Å²) in [6, 6.07) is 8.26. The van der Waals surface area contributed by atoms with Gasteiger partial charge in [-0.1, -0.05) is 43.1 Å². The van der Waals surface area contributed by atoms with Crippen molar-refractivity contribution in [3.8, 4) is 0 Å². The van der Waals surface area contributed by atoms with Crippen molar-refractivity contribution in [2.75, 3.05) is 26.8 Å². The number of nitrogens with one attached hydrogen (secondary N) is 1. The van der Waals surface area contributed by atoms with E-state index in [0.717, 1.165) is 30.6 Å². The highest BCUT2D eigenvalue weighted by molar-refractivity contribution is 6.31. The molecule has 1 aromatic carbocycles. The lowest BCUT2D eigenvalue weighted by Gasteiger charge is -2.20. The molecule has 1 fully saturated rings. The Bertz CT molecular complexity index is 396. The van der Waals surface area contributed by atoms with Crippen molar-refractivity contribution < 1.29 is 4.74 Å². The lowest BCUT2D eigenvalue weighted by atomic mass is 9.92. The van der Waals surface area contributed by atoms with E-state index in [1.54, 1.807) is 7.11 Å². The number of hydrogen-bond acceptors (Lipinski definition) is 2. The van der Waals surface area contributed by atoms with Crippen molar-refractivity contribution in [3.05, 3.63) is 34.9 Å². The number of halogens is 1. The third-order valence-corrected chi connectivity index (χ3v) is 4.39. The van der Waals surface area contributed by atoms with E-state index in [1.165, 1.54) is 18.4 Å². The molecule has 0 amide bonds. The molecule has 0 radical (unpaired) electrons. The van der Waals surface area contributed by atoms with Gasteiger partial charge in [-0.05, 0) is 24.0 Å². The Morgan fingerprint density at radius 3 is 2.83 bits per heavy atom. The van der Waals surface area contributed by atoms with Gasteiger partial charge in [0.05, 0.1) is 6.61 Å². The third kappa shape index (κ3) is 2.71. The van der Waals surface area contributed by atoms with E-state index in [0.29, 0.717) is 0 Å². The Morgan fingerprint density at radius 1 is 1.44 bits per heavy atom. The highest BCUT2D eigenvalue weighted by atomic mass is 35.5. The molecule has 0 heterocycles. The SMILES string of the molecule is CCC1CC1(CNCCOC)c1ccccc1Cl. The molecule has 0 aliphatic heterocycles. The van der Waals surface area contributed by atoms with E-state index < -0.39 is 0 Å². The second kappa shape index (κ2) is 6.05. The molecule has 1 aliphatic rings. The van der Waals surface area contributed by atoms with E-state index in [9.17, 15) is 0 Å². The van der Waals surface area contributed by atoms with Crippen LogP contribution in [0.4, 0.5) is 0 Å². The average molecular weight is 268 g/mol. The molecule has 2 unspecified atom stereocenters. The van der Waals surface area contributed by atoms with Crippen LogP contribution < -0.4 is 5.32 Å². The Hall–Kier alpha value is -0.570. The largest absolute Gasteiger partial charge is 0.383 e. The highest BCUT2D eigenvalue weighted by Crippen LogP contribution is 2.57. The number of benzene rings is 1. The standard InChI is InChI=1S/C15H22ClNO/c1-3-12-10-15(12,11-17-8-9-18-2)13-6-4-5-7-14(13)16/h4-7,12,17H,3,8-11H2,1-2H3. The number of rotatable bonds is 7. The van der Waals surface area contributed by atoms with Gasteiger partial charge in [-0.2, -0.15) is 0 Å². The third-order valence-electron chi connectivity index (χ3n) is 4.06. The summed E-state index contributed by atoms with van der Waals surface area (Å²) in [5.41, 5.74) is 1.56. The molecule has 0 aromatic heterocycles. The monoisotopic (exact) mass is 267 g/mol. The van der Waals surface area contributed by atoms with Gasteiger partial charge in [0.1, 0.15) is 0 Å². The minimum absolute atomic E-state index is 0.251. The molecule has 2 atom stereocenters. The van der Waals surface area contributed by atoms with Crippen LogP contribution in [-0.4, -0.2) is 26.8 Å². The molecular formula is C15H22ClNO. The van der Waals surface area contributed by atoms with Crippen molar-refractivity contribution in [3.63, 3.8) is 0 Å². The van der Waals surface area contributed by atoms with Crippen LogP contribution in [0, 0.1) is 5.92 Å². The molecule has 18 heavy (non-hydrogen) atoms. The van der Waals surface area contributed by atoms with E-state index in [1.807, 2.05) is 12.1 Å². The Kier molecular flexibility index (Phi) is 4.66. The molecule has 2 nitrogen and oxygen atoms in total. The number of methoxy groups -OCH3 is 1. The fourth-order valence-corrected chi connectivity index (χ4v) is 3.23. The molecule has 1 N–H and O–H groups in total. The summed E-state index contributed by atoms with van der Waals surface area (Å²) in [6.07, 6.45) is 2.46. The summed E-state index contributed by atoms with van der Waals surface area (Å²) >= 11 is 6.36. The molecule has 2 rings (SSSR count). The molecule has 100 valence electrons. The fourth-order valence-electron chi connectivity index (χ4n) is 2.91. The molecule has 0 saturated heterocycles. The van der Waals surface area contributed by atoms with Gasteiger partial charge < -0.3 is 10.1 Å². The minimum Gasteiger partial charge on any atom is -0.383 e. The van der Waals surface area contributed by atoms with Crippen LogP contribution in [0.5, 0.6) is 0 Å². The van der Waals surface area contributed by atoms with Crippen LogP contribution in [0.15, 0.2) is 24.3 Å². The van der Waals surface area contributed by atoms with Crippen molar-refractivity contribution in [2.24, 2.45) is 5.92 Å².